The summed E-state index contributed by atoms with van der Waals surface area (Å²) in [5.41, 5.74) is 1.13. The highest BCUT2D eigenvalue weighted by molar-refractivity contribution is 5.88. The Labute approximate surface area is 107 Å². The van der Waals surface area contributed by atoms with Crippen LogP contribution in [0.5, 0.6) is 0 Å². The molecule has 2 rings (SSSR count). The summed E-state index contributed by atoms with van der Waals surface area (Å²) < 4.78 is 0. The summed E-state index contributed by atoms with van der Waals surface area (Å²) in [4.78, 5) is 15.4. The van der Waals surface area contributed by atoms with Gasteiger partial charge in [-0.25, -0.2) is 9.78 Å². The molecular formula is C14H20N2O2. The van der Waals surface area contributed by atoms with E-state index in [1.807, 2.05) is 6.92 Å². The predicted octanol–water partition coefficient (Wildman–Crippen LogP) is 2.94. The number of aryl methyl sites for hydroxylation is 1. The van der Waals surface area contributed by atoms with Crippen molar-refractivity contribution in [2.24, 2.45) is 5.92 Å². The molecule has 0 spiro atoms. The van der Waals surface area contributed by atoms with Gasteiger partial charge >= 0.3 is 5.97 Å². The second-order valence-corrected chi connectivity index (χ2v) is 4.90. The monoisotopic (exact) mass is 248 g/mol. The zero-order valence-corrected chi connectivity index (χ0v) is 10.8. The molecule has 1 aliphatic carbocycles. The maximum atomic E-state index is 11.0. The molecule has 1 fully saturated rings. The zero-order valence-electron chi connectivity index (χ0n) is 10.8. The number of aromatic nitrogens is 1. The van der Waals surface area contributed by atoms with Gasteiger partial charge in [0.05, 0.1) is 5.56 Å². The van der Waals surface area contributed by atoms with Crippen LogP contribution in [0.2, 0.25) is 0 Å². The van der Waals surface area contributed by atoms with E-state index >= 15 is 0 Å². The van der Waals surface area contributed by atoms with Gasteiger partial charge in [0.25, 0.3) is 0 Å². The van der Waals surface area contributed by atoms with Crippen LogP contribution in [0.1, 0.15) is 48.7 Å². The molecule has 1 heterocycles. The van der Waals surface area contributed by atoms with Crippen LogP contribution in [-0.4, -0.2) is 22.6 Å². The van der Waals surface area contributed by atoms with E-state index in [1.54, 1.807) is 12.1 Å². The van der Waals surface area contributed by atoms with Crippen molar-refractivity contribution >= 4 is 11.8 Å². The second kappa shape index (κ2) is 5.85. The lowest BCUT2D eigenvalue weighted by Crippen LogP contribution is -2.16. The average molecular weight is 248 g/mol. The number of carboxylic acids is 1. The maximum Gasteiger partial charge on any atom is 0.335 e. The minimum atomic E-state index is -0.894. The van der Waals surface area contributed by atoms with Crippen molar-refractivity contribution in [1.29, 1.82) is 0 Å². The van der Waals surface area contributed by atoms with E-state index in [0.717, 1.165) is 31.0 Å². The quantitative estimate of drug-likeness (QED) is 0.812. The minimum Gasteiger partial charge on any atom is -0.478 e. The van der Waals surface area contributed by atoms with E-state index in [2.05, 4.69) is 10.3 Å². The first-order valence-electron chi connectivity index (χ1n) is 6.67. The van der Waals surface area contributed by atoms with Gasteiger partial charge in [0, 0.05) is 12.2 Å². The van der Waals surface area contributed by atoms with Gasteiger partial charge < -0.3 is 10.4 Å². The fourth-order valence-corrected chi connectivity index (χ4v) is 2.17. The number of nitrogens with one attached hydrogen (secondary N) is 1. The second-order valence-electron chi connectivity index (χ2n) is 4.90. The molecule has 1 aromatic heterocycles. The van der Waals surface area contributed by atoms with Gasteiger partial charge in [-0.05, 0) is 30.9 Å². The number of hydrogen-bond donors (Lipinski definition) is 2. The van der Waals surface area contributed by atoms with Gasteiger partial charge in [-0.15, -0.1) is 0 Å². The van der Waals surface area contributed by atoms with Crippen LogP contribution >= 0.6 is 0 Å². The molecule has 4 heteroatoms. The molecule has 1 saturated carbocycles. The molecule has 0 aromatic carbocycles. The largest absolute Gasteiger partial charge is 0.478 e. The molecule has 0 radical (unpaired) electrons. The molecule has 0 atom stereocenters. The normalized spacial score (nSPS) is 15.2. The van der Waals surface area contributed by atoms with Gasteiger partial charge in [0.15, 0.2) is 0 Å². The lowest BCUT2D eigenvalue weighted by atomic mass is 9.83. The number of pyridine rings is 1. The molecule has 0 unspecified atom stereocenters. The third kappa shape index (κ3) is 3.22. The van der Waals surface area contributed by atoms with E-state index in [4.69, 9.17) is 5.11 Å². The Morgan fingerprint density at radius 1 is 1.50 bits per heavy atom. The first-order valence-corrected chi connectivity index (χ1v) is 6.67. The third-order valence-electron chi connectivity index (χ3n) is 3.57. The summed E-state index contributed by atoms with van der Waals surface area (Å²) in [6.45, 7) is 2.86. The summed E-state index contributed by atoms with van der Waals surface area (Å²) in [6.07, 6.45) is 5.94. The molecule has 4 nitrogen and oxygen atoms in total. The van der Waals surface area contributed by atoms with E-state index in [9.17, 15) is 4.79 Å². The van der Waals surface area contributed by atoms with Crippen LogP contribution in [0.25, 0.3) is 0 Å². The number of carboxylic acid groups (broad SMARTS) is 1. The van der Waals surface area contributed by atoms with Crippen molar-refractivity contribution in [1.82, 2.24) is 4.98 Å². The van der Waals surface area contributed by atoms with Gasteiger partial charge in [-0.1, -0.05) is 26.2 Å². The lowest BCUT2D eigenvalue weighted by molar-refractivity contribution is 0.0696. The summed E-state index contributed by atoms with van der Waals surface area (Å²) in [5.74, 6) is 0.644. The number of carbonyl (C=O) groups is 1. The van der Waals surface area contributed by atoms with Gasteiger partial charge in [-0.3, -0.25) is 0 Å². The van der Waals surface area contributed by atoms with Crippen molar-refractivity contribution < 1.29 is 9.90 Å². The zero-order chi connectivity index (χ0) is 13.0. The van der Waals surface area contributed by atoms with Crippen LogP contribution in [-0.2, 0) is 6.42 Å². The Morgan fingerprint density at radius 3 is 2.83 bits per heavy atom. The van der Waals surface area contributed by atoms with Crippen LogP contribution in [0, 0.1) is 5.92 Å². The number of aromatic carboxylic acids is 1. The van der Waals surface area contributed by atoms with Crippen molar-refractivity contribution in [2.45, 2.75) is 39.0 Å². The van der Waals surface area contributed by atoms with E-state index < -0.39 is 5.97 Å². The van der Waals surface area contributed by atoms with Crippen LogP contribution in [0.4, 0.5) is 5.82 Å². The Morgan fingerprint density at radius 2 is 2.28 bits per heavy atom. The maximum absolute atomic E-state index is 11.0. The number of rotatable bonds is 6. The fraction of sp³-hybridized carbons (Fsp3) is 0.571. The van der Waals surface area contributed by atoms with Crippen molar-refractivity contribution in [3.63, 3.8) is 0 Å². The first kappa shape index (κ1) is 12.9. The molecule has 98 valence electrons. The highest BCUT2D eigenvalue weighted by Crippen LogP contribution is 2.29. The molecule has 1 aliphatic rings. The topological polar surface area (TPSA) is 62.2 Å². The highest BCUT2D eigenvalue weighted by atomic mass is 16.4. The molecule has 18 heavy (non-hydrogen) atoms. The highest BCUT2D eigenvalue weighted by Gasteiger charge is 2.16. The fourth-order valence-electron chi connectivity index (χ4n) is 2.17. The Hall–Kier alpha value is -1.58. The molecule has 0 aliphatic heterocycles. The summed E-state index contributed by atoms with van der Waals surface area (Å²) in [5, 5.41) is 12.3. The predicted molar refractivity (Wildman–Crippen MR) is 71.0 cm³/mol. The number of anilines is 1. The van der Waals surface area contributed by atoms with Crippen molar-refractivity contribution in [2.75, 3.05) is 11.9 Å². The standard InChI is InChI=1S/C14H20N2O2/c1-2-12-8-11(14(17)18)9-13(16-12)15-7-6-10-4-3-5-10/h8-10H,2-7H2,1H3,(H,15,16)(H,17,18). The smallest absolute Gasteiger partial charge is 0.335 e. The Kier molecular flexibility index (Phi) is 4.18. The average Bonchev–Trinajstić information content (AvgIpc) is 2.31. The first-order chi connectivity index (χ1) is 8.69. The van der Waals surface area contributed by atoms with Gasteiger partial charge in [-0.2, -0.15) is 0 Å². The Balaban J connectivity index is 1.96. The molecule has 0 bridgehead atoms. The molecule has 1 aromatic rings. The summed E-state index contributed by atoms with van der Waals surface area (Å²) in [7, 11) is 0. The van der Waals surface area contributed by atoms with E-state index in [-0.39, 0.29) is 0 Å². The van der Waals surface area contributed by atoms with E-state index in [0.29, 0.717) is 11.4 Å². The van der Waals surface area contributed by atoms with Gasteiger partial charge in [0.2, 0.25) is 0 Å². The minimum absolute atomic E-state index is 0.313. The molecule has 2 N–H and O–H groups in total. The molecule has 0 saturated heterocycles. The van der Waals surface area contributed by atoms with Crippen molar-refractivity contribution in [3.8, 4) is 0 Å². The van der Waals surface area contributed by atoms with Crippen LogP contribution in [0.3, 0.4) is 0 Å². The van der Waals surface area contributed by atoms with Crippen LogP contribution < -0.4 is 5.32 Å². The van der Waals surface area contributed by atoms with Crippen LogP contribution in [0.15, 0.2) is 12.1 Å². The Bertz CT molecular complexity index is 428. The molecular weight excluding hydrogens is 228 g/mol. The summed E-state index contributed by atoms with van der Waals surface area (Å²) in [6, 6.07) is 3.25. The van der Waals surface area contributed by atoms with Gasteiger partial charge in [0.1, 0.15) is 5.82 Å². The molecule has 0 amide bonds. The summed E-state index contributed by atoms with van der Waals surface area (Å²) >= 11 is 0. The number of nitrogens with zero attached hydrogens (tertiary/aromatic N) is 1. The SMILES string of the molecule is CCc1cc(C(=O)O)cc(NCCC2CCC2)n1. The third-order valence-corrected chi connectivity index (χ3v) is 3.57. The lowest BCUT2D eigenvalue weighted by Gasteiger charge is -2.25. The number of hydrogen-bond acceptors (Lipinski definition) is 3. The van der Waals surface area contributed by atoms with Crippen molar-refractivity contribution in [3.05, 3.63) is 23.4 Å². The van der Waals surface area contributed by atoms with E-state index in [1.165, 1.54) is 19.3 Å².